The first-order valence-electron chi connectivity index (χ1n) is 6.15. The summed E-state index contributed by atoms with van der Waals surface area (Å²) in [6.45, 7) is 0. The van der Waals surface area contributed by atoms with Gasteiger partial charge < -0.3 is 5.32 Å². The SMILES string of the molecule is O=C(C=Cc1c(Cl)cccc1Cl)Nc1ccc([N+](=O)[O-])cc1. The molecule has 5 nitrogen and oxygen atoms in total. The molecule has 0 aromatic heterocycles. The second-order valence-corrected chi connectivity index (χ2v) is 5.08. The van der Waals surface area contributed by atoms with Gasteiger partial charge >= 0.3 is 0 Å². The molecule has 0 radical (unpaired) electrons. The number of carbonyl (C=O) groups is 1. The van der Waals surface area contributed by atoms with Crippen LogP contribution in [0.15, 0.2) is 48.5 Å². The lowest BCUT2D eigenvalue weighted by Gasteiger charge is -2.03. The Morgan fingerprint density at radius 1 is 1.09 bits per heavy atom. The van der Waals surface area contributed by atoms with Gasteiger partial charge in [-0.05, 0) is 30.3 Å². The van der Waals surface area contributed by atoms with Crippen LogP contribution in [0, 0.1) is 10.1 Å². The monoisotopic (exact) mass is 336 g/mol. The first-order valence-corrected chi connectivity index (χ1v) is 6.90. The van der Waals surface area contributed by atoms with Gasteiger partial charge in [-0.1, -0.05) is 29.3 Å². The van der Waals surface area contributed by atoms with Crippen molar-refractivity contribution in [2.75, 3.05) is 5.32 Å². The van der Waals surface area contributed by atoms with E-state index in [1.807, 2.05) is 0 Å². The highest BCUT2D eigenvalue weighted by atomic mass is 35.5. The largest absolute Gasteiger partial charge is 0.323 e. The average molecular weight is 337 g/mol. The van der Waals surface area contributed by atoms with Crippen LogP contribution in [0.5, 0.6) is 0 Å². The number of non-ortho nitro benzene ring substituents is 1. The Morgan fingerprint density at radius 3 is 2.23 bits per heavy atom. The summed E-state index contributed by atoms with van der Waals surface area (Å²) in [6, 6.07) is 10.6. The van der Waals surface area contributed by atoms with Gasteiger partial charge in [-0.2, -0.15) is 0 Å². The topological polar surface area (TPSA) is 72.2 Å². The molecule has 7 heteroatoms. The predicted molar refractivity (Wildman–Crippen MR) is 87.2 cm³/mol. The number of hydrogen-bond acceptors (Lipinski definition) is 3. The molecule has 0 atom stereocenters. The van der Waals surface area contributed by atoms with E-state index in [-0.39, 0.29) is 5.69 Å². The Bertz CT molecular complexity index is 723. The Balaban J connectivity index is 2.06. The molecule has 2 aromatic carbocycles. The lowest BCUT2D eigenvalue weighted by atomic mass is 10.2. The highest BCUT2D eigenvalue weighted by Crippen LogP contribution is 2.25. The van der Waals surface area contributed by atoms with Gasteiger partial charge in [-0.25, -0.2) is 0 Å². The molecule has 0 unspecified atom stereocenters. The van der Waals surface area contributed by atoms with Gasteiger partial charge in [0.25, 0.3) is 5.69 Å². The number of rotatable bonds is 4. The normalized spacial score (nSPS) is 10.6. The maximum atomic E-state index is 11.8. The number of nitro benzene ring substituents is 1. The molecule has 0 saturated carbocycles. The fourth-order valence-corrected chi connectivity index (χ4v) is 2.20. The van der Waals surface area contributed by atoms with Gasteiger partial charge in [0.1, 0.15) is 0 Å². The number of amides is 1. The van der Waals surface area contributed by atoms with Crippen molar-refractivity contribution in [3.63, 3.8) is 0 Å². The molecular formula is C15H10Cl2N2O3. The summed E-state index contributed by atoms with van der Waals surface area (Å²) in [5, 5.41) is 14.0. The maximum Gasteiger partial charge on any atom is 0.269 e. The van der Waals surface area contributed by atoms with Crippen LogP contribution < -0.4 is 5.32 Å². The summed E-state index contributed by atoms with van der Waals surface area (Å²) in [4.78, 5) is 21.8. The molecule has 0 spiro atoms. The first-order chi connectivity index (χ1) is 10.5. The van der Waals surface area contributed by atoms with E-state index in [4.69, 9.17) is 23.2 Å². The average Bonchev–Trinajstić information content (AvgIpc) is 2.47. The van der Waals surface area contributed by atoms with E-state index < -0.39 is 10.8 Å². The smallest absolute Gasteiger partial charge is 0.269 e. The Kier molecular flexibility index (Phi) is 5.14. The zero-order valence-corrected chi connectivity index (χ0v) is 12.6. The molecule has 0 aliphatic carbocycles. The number of nitrogens with one attached hydrogen (secondary N) is 1. The molecular weight excluding hydrogens is 327 g/mol. The number of benzene rings is 2. The van der Waals surface area contributed by atoms with Crippen molar-refractivity contribution in [2.45, 2.75) is 0 Å². The Labute approximate surface area is 136 Å². The third kappa shape index (κ3) is 4.07. The van der Waals surface area contributed by atoms with Crippen LogP contribution >= 0.6 is 23.2 Å². The molecule has 2 aromatic rings. The minimum absolute atomic E-state index is 0.0450. The zero-order chi connectivity index (χ0) is 16.1. The fraction of sp³-hybridized carbons (Fsp3) is 0. The van der Waals surface area contributed by atoms with E-state index >= 15 is 0 Å². The van der Waals surface area contributed by atoms with E-state index in [1.165, 1.54) is 36.4 Å². The lowest BCUT2D eigenvalue weighted by Crippen LogP contribution is -2.07. The molecule has 112 valence electrons. The van der Waals surface area contributed by atoms with E-state index in [1.54, 1.807) is 18.2 Å². The van der Waals surface area contributed by atoms with Crippen LogP contribution in [0.3, 0.4) is 0 Å². The Hall–Kier alpha value is -2.37. The number of nitrogens with zero attached hydrogens (tertiary/aromatic N) is 1. The number of nitro groups is 1. The second kappa shape index (κ2) is 7.06. The summed E-state index contributed by atoms with van der Waals surface area (Å²) >= 11 is 12.0. The van der Waals surface area contributed by atoms with Crippen LogP contribution in [0.25, 0.3) is 6.08 Å². The zero-order valence-electron chi connectivity index (χ0n) is 11.1. The van der Waals surface area contributed by atoms with Crippen molar-refractivity contribution in [2.24, 2.45) is 0 Å². The van der Waals surface area contributed by atoms with Gasteiger partial charge in [0, 0.05) is 39.5 Å². The molecule has 1 amide bonds. The van der Waals surface area contributed by atoms with Gasteiger partial charge in [0.15, 0.2) is 0 Å². The van der Waals surface area contributed by atoms with Crippen molar-refractivity contribution in [1.82, 2.24) is 0 Å². The van der Waals surface area contributed by atoms with Gasteiger partial charge in [0.2, 0.25) is 5.91 Å². The highest BCUT2D eigenvalue weighted by Gasteiger charge is 2.06. The summed E-state index contributed by atoms with van der Waals surface area (Å²) in [5.41, 5.74) is 0.951. The van der Waals surface area contributed by atoms with Crippen molar-refractivity contribution in [3.8, 4) is 0 Å². The van der Waals surface area contributed by atoms with Gasteiger partial charge in [0.05, 0.1) is 4.92 Å². The van der Waals surface area contributed by atoms with Crippen LogP contribution in [-0.2, 0) is 4.79 Å². The van der Waals surface area contributed by atoms with Crippen molar-refractivity contribution >= 4 is 46.6 Å². The maximum absolute atomic E-state index is 11.8. The summed E-state index contributed by atoms with van der Waals surface area (Å²) in [7, 11) is 0. The Morgan fingerprint density at radius 2 is 1.68 bits per heavy atom. The standard InChI is InChI=1S/C15H10Cl2N2O3/c16-13-2-1-3-14(17)12(13)8-9-15(20)18-10-4-6-11(7-5-10)19(21)22/h1-9H,(H,18,20). The second-order valence-electron chi connectivity index (χ2n) is 4.26. The molecule has 0 aliphatic heterocycles. The summed E-state index contributed by atoms with van der Waals surface area (Å²) in [6.07, 6.45) is 2.79. The summed E-state index contributed by atoms with van der Waals surface area (Å²) in [5.74, 6) is -0.398. The highest BCUT2D eigenvalue weighted by molar-refractivity contribution is 6.37. The van der Waals surface area contributed by atoms with Crippen molar-refractivity contribution in [1.29, 1.82) is 0 Å². The van der Waals surface area contributed by atoms with Crippen molar-refractivity contribution in [3.05, 3.63) is 74.3 Å². The fourth-order valence-electron chi connectivity index (χ4n) is 1.68. The molecule has 1 N–H and O–H groups in total. The molecule has 0 heterocycles. The number of halogens is 2. The third-order valence-electron chi connectivity index (χ3n) is 2.75. The molecule has 0 aliphatic rings. The molecule has 2 rings (SSSR count). The van der Waals surface area contributed by atoms with E-state index in [2.05, 4.69) is 5.32 Å². The quantitative estimate of drug-likeness (QED) is 0.505. The lowest BCUT2D eigenvalue weighted by molar-refractivity contribution is -0.384. The van der Waals surface area contributed by atoms with Crippen LogP contribution in [0.2, 0.25) is 10.0 Å². The van der Waals surface area contributed by atoms with E-state index in [0.29, 0.717) is 21.3 Å². The van der Waals surface area contributed by atoms with E-state index in [9.17, 15) is 14.9 Å². The molecule has 22 heavy (non-hydrogen) atoms. The number of carbonyl (C=O) groups excluding carboxylic acids is 1. The van der Waals surface area contributed by atoms with Gasteiger partial charge in [-0.15, -0.1) is 0 Å². The minimum Gasteiger partial charge on any atom is -0.323 e. The number of anilines is 1. The van der Waals surface area contributed by atoms with E-state index in [0.717, 1.165) is 0 Å². The molecule has 0 bridgehead atoms. The van der Waals surface area contributed by atoms with Gasteiger partial charge in [-0.3, -0.25) is 14.9 Å². The summed E-state index contributed by atoms with van der Waals surface area (Å²) < 4.78 is 0. The minimum atomic E-state index is -0.509. The molecule has 0 fully saturated rings. The number of hydrogen-bond donors (Lipinski definition) is 1. The third-order valence-corrected chi connectivity index (χ3v) is 3.41. The van der Waals surface area contributed by atoms with Crippen LogP contribution in [-0.4, -0.2) is 10.8 Å². The van der Waals surface area contributed by atoms with Crippen LogP contribution in [0.4, 0.5) is 11.4 Å². The van der Waals surface area contributed by atoms with Crippen molar-refractivity contribution < 1.29 is 9.72 Å². The van der Waals surface area contributed by atoms with Crippen LogP contribution in [0.1, 0.15) is 5.56 Å². The predicted octanol–water partition coefficient (Wildman–Crippen LogP) is 4.55. The first kappa shape index (κ1) is 16.0. The molecule has 0 saturated heterocycles.